The molecule has 1 nitrogen and oxygen atoms in total. The fourth-order valence-corrected chi connectivity index (χ4v) is 4.97. The fourth-order valence-electron chi connectivity index (χ4n) is 4.97. The topological polar surface area (TPSA) is 17.1 Å². The number of ketones is 1. The molecule has 0 aliphatic heterocycles. The third kappa shape index (κ3) is 2.60. The van der Waals surface area contributed by atoms with Crippen LogP contribution in [0.4, 0.5) is 0 Å². The van der Waals surface area contributed by atoms with Crippen LogP contribution >= 0.6 is 0 Å². The third-order valence-electron chi connectivity index (χ3n) is 6.32. The second kappa shape index (κ2) is 6.78. The van der Waals surface area contributed by atoms with E-state index in [0.717, 1.165) is 11.1 Å². The van der Waals surface area contributed by atoms with E-state index in [-0.39, 0.29) is 5.78 Å². The normalized spacial score (nSPS) is 13.8. The SMILES string of the molecule is CC(=O)c1ccc(C2=C3C(=C(c4ccccc4)c4ccccc43)c3ccccc32)cc1. The zero-order valence-corrected chi connectivity index (χ0v) is 17.2. The summed E-state index contributed by atoms with van der Waals surface area (Å²) in [7, 11) is 0. The van der Waals surface area contributed by atoms with Crippen LogP contribution in [-0.2, 0) is 0 Å². The van der Waals surface area contributed by atoms with E-state index in [1.165, 1.54) is 50.1 Å². The first-order valence-corrected chi connectivity index (χ1v) is 10.6. The molecule has 0 saturated heterocycles. The lowest BCUT2D eigenvalue weighted by Crippen LogP contribution is -1.94. The maximum absolute atomic E-state index is 11.8. The van der Waals surface area contributed by atoms with E-state index < -0.39 is 0 Å². The minimum Gasteiger partial charge on any atom is -0.295 e. The Morgan fingerprint density at radius 3 is 1.29 bits per heavy atom. The maximum atomic E-state index is 11.8. The van der Waals surface area contributed by atoms with Gasteiger partial charge in [0.05, 0.1) is 0 Å². The van der Waals surface area contributed by atoms with Gasteiger partial charge in [-0.3, -0.25) is 4.79 Å². The molecule has 31 heavy (non-hydrogen) atoms. The molecule has 0 bridgehead atoms. The van der Waals surface area contributed by atoms with Crippen molar-refractivity contribution in [3.05, 3.63) is 142 Å². The van der Waals surface area contributed by atoms with Crippen molar-refractivity contribution in [1.82, 2.24) is 0 Å². The molecule has 2 aliphatic carbocycles. The average molecular weight is 396 g/mol. The first-order valence-electron chi connectivity index (χ1n) is 10.6. The summed E-state index contributed by atoms with van der Waals surface area (Å²) in [6, 6.07) is 36.1. The van der Waals surface area contributed by atoms with Gasteiger partial charge in [-0.2, -0.15) is 0 Å². The predicted octanol–water partition coefficient (Wildman–Crippen LogP) is 7.13. The van der Waals surface area contributed by atoms with Crippen molar-refractivity contribution < 1.29 is 4.79 Å². The van der Waals surface area contributed by atoms with E-state index in [1.807, 2.05) is 12.1 Å². The minimum absolute atomic E-state index is 0.0918. The summed E-state index contributed by atoms with van der Waals surface area (Å²) in [5.74, 6) is 0.0918. The van der Waals surface area contributed by atoms with Crippen LogP contribution in [0.15, 0.2) is 103 Å². The number of rotatable bonds is 3. The predicted molar refractivity (Wildman–Crippen MR) is 128 cm³/mol. The molecule has 0 fully saturated rings. The molecule has 0 amide bonds. The lowest BCUT2D eigenvalue weighted by atomic mass is 9.92. The Morgan fingerprint density at radius 2 is 0.839 bits per heavy atom. The van der Waals surface area contributed by atoms with Crippen molar-refractivity contribution in [2.45, 2.75) is 6.92 Å². The van der Waals surface area contributed by atoms with E-state index in [1.54, 1.807) is 6.92 Å². The van der Waals surface area contributed by atoms with Gasteiger partial charge in [-0.05, 0) is 62.6 Å². The zero-order valence-electron chi connectivity index (χ0n) is 17.2. The Labute approximate surface area is 182 Å². The molecular formula is C30H20O. The van der Waals surface area contributed by atoms with E-state index >= 15 is 0 Å². The van der Waals surface area contributed by atoms with Crippen LogP contribution in [0.3, 0.4) is 0 Å². The number of allylic oxidation sites excluding steroid dienone is 2. The van der Waals surface area contributed by atoms with Crippen LogP contribution in [0.25, 0.3) is 22.3 Å². The van der Waals surface area contributed by atoms with Crippen LogP contribution in [-0.4, -0.2) is 5.78 Å². The summed E-state index contributed by atoms with van der Waals surface area (Å²) in [5.41, 5.74) is 13.4. The van der Waals surface area contributed by atoms with E-state index in [0.29, 0.717) is 0 Å². The second-order valence-corrected chi connectivity index (χ2v) is 8.09. The molecule has 0 unspecified atom stereocenters. The summed E-state index contributed by atoms with van der Waals surface area (Å²) in [6.45, 7) is 1.61. The smallest absolute Gasteiger partial charge is 0.159 e. The molecule has 6 rings (SSSR count). The molecule has 146 valence electrons. The van der Waals surface area contributed by atoms with Gasteiger partial charge in [0.1, 0.15) is 0 Å². The first kappa shape index (κ1) is 17.9. The summed E-state index contributed by atoms with van der Waals surface area (Å²) in [5, 5.41) is 0. The van der Waals surface area contributed by atoms with Crippen molar-refractivity contribution in [2.24, 2.45) is 0 Å². The van der Waals surface area contributed by atoms with Gasteiger partial charge in [0.25, 0.3) is 0 Å². The van der Waals surface area contributed by atoms with Crippen LogP contribution < -0.4 is 0 Å². The number of carbonyl (C=O) groups excluding carboxylic acids is 1. The summed E-state index contributed by atoms with van der Waals surface area (Å²) >= 11 is 0. The highest BCUT2D eigenvalue weighted by molar-refractivity contribution is 6.35. The molecular weight excluding hydrogens is 376 g/mol. The van der Waals surface area contributed by atoms with Gasteiger partial charge in [0, 0.05) is 5.56 Å². The molecule has 0 spiro atoms. The summed E-state index contributed by atoms with van der Waals surface area (Å²) in [4.78, 5) is 11.8. The zero-order chi connectivity index (χ0) is 20.9. The van der Waals surface area contributed by atoms with Gasteiger partial charge in [0.15, 0.2) is 5.78 Å². The highest BCUT2D eigenvalue weighted by atomic mass is 16.1. The molecule has 4 aromatic carbocycles. The highest BCUT2D eigenvalue weighted by Crippen LogP contribution is 2.58. The lowest BCUT2D eigenvalue weighted by Gasteiger charge is -2.11. The van der Waals surface area contributed by atoms with Gasteiger partial charge < -0.3 is 0 Å². The number of hydrogen-bond acceptors (Lipinski definition) is 1. The van der Waals surface area contributed by atoms with Crippen molar-refractivity contribution >= 4 is 28.1 Å². The van der Waals surface area contributed by atoms with E-state index in [4.69, 9.17) is 0 Å². The second-order valence-electron chi connectivity index (χ2n) is 8.09. The van der Waals surface area contributed by atoms with Crippen LogP contribution in [0.5, 0.6) is 0 Å². The van der Waals surface area contributed by atoms with Crippen molar-refractivity contribution in [1.29, 1.82) is 0 Å². The molecule has 0 radical (unpaired) electrons. The quantitative estimate of drug-likeness (QED) is 0.337. The van der Waals surface area contributed by atoms with Crippen LogP contribution in [0, 0.1) is 0 Å². The minimum atomic E-state index is 0.0918. The van der Waals surface area contributed by atoms with Crippen molar-refractivity contribution in [3.63, 3.8) is 0 Å². The summed E-state index contributed by atoms with van der Waals surface area (Å²) in [6.07, 6.45) is 0. The largest absolute Gasteiger partial charge is 0.295 e. The van der Waals surface area contributed by atoms with E-state index in [2.05, 4.69) is 91.0 Å². The lowest BCUT2D eigenvalue weighted by molar-refractivity contribution is 0.101. The van der Waals surface area contributed by atoms with Crippen molar-refractivity contribution in [3.8, 4) is 0 Å². The average Bonchev–Trinajstić information content (AvgIpc) is 3.32. The molecule has 0 aromatic heterocycles. The monoisotopic (exact) mass is 396 g/mol. The van der Waals surface area contributed by atoms with Crippen LogP contribution in [0.2, 0.25) is 0 Å². The van der Waals surface area contributed by atoms with Crippen molar-refractivity contribution in [2.75, 3.05) is 0 Å². The molecule has 1 heteroatoms. The number of Topliss-reactive ketones (excluding diaryl/α,β-unsaturated/α-hetero) is 1. The van der Waals surface area contributed by atoms with Gasteiger partial charge in [0.2, 0.25) is 0 Å². The first-order chi connectivity index (χ1) is 15.2. The summed E-state index contributed by atoms with van der Waals surface area (Å²) < 4.78 is 0. The Bertz CT molecular complexity index is 1420. The fraction of sp³-hybridized carbons (Fsp3) is 0.0333. The molecule has 2 aliphatic rings. The standard InChI is InChI=1S/C30H20O/c1-19(31)20-15-17-22(18-16-20)28-24-12-6-8-14-26(24)29-27(21-9-3-2-4-10-21)23-11-5-7-13-25(23)30(28)29/h2-18H,1H3. The molecule has 0 heterocycles. The van der Waals surface area contributed by atoms with Gasteiger partial charge in [-0.25, -0.2) is 0 Å². The number of carbonyl (C=O) groups is 1. The van der Waals surface area contributed by atoms with Gasteiger partial charge in [-0.15, -0.1) is 0 Å². The highest BCUT2D eigenvalue weighted by Gasteiger charge is 2.36. The molecule has 0 atom stereocenters. The number of benzene rings is 4. The van der Waals surface area contributed by atoms with Crippen LogP contribution in [0.1, 0.15) is 50.7 Å². The third-order valence-corrected chi connectivity index (χ3v) is 6.32. The van der Waals surface area contributed by atoms with E-state index in [9.17, 15) is 4.79 Å². The molecule has 0 saturated carbocycles. The number of hydrogen-bond donors (Lipinski definition) is 0. The maximum Gasteiger partial charge on any atom is 0.159 e. The Kier molecular flexibility index (Phi) is 3.91. The van der Waals surface area contributed by atoms with Gasteiger partial charge in [-0.1, -0.05) is 103 Å². The Balaban J connectivity index is 1.71. The van der Waals surface area contributed by atoms with Gasteiger partial charge >= 0.3 is 0 Å². The Morgan fingerprint density at radius 1 is 0.452 bits per heavy atom. The Hall–Kier alpha value is -3.97. The molecule has 4 aromatic rings. The number of fused-ring (bicyclic) bond motifs is 5. The molecule has 0 N–H and O–H groups in total.